The van der Waals surface area contributed by atoms with Crippen molar-refractivity contribution in [3.05, 3.63) is 66.4 Å². The number of allylic oxidation sites excluding steroid dienone is 1. The molecule has 1 aliphatic rings. The molecule has 0 spiro atoms. The maximum Gasteiger partial charge on any atom is 0.255 e. The van der Waals surface area contributed by atoms with Crippen molar-refractivity contribution in [2.24, 2.45) is 5.92 Å². The van der Waals surface area contributed by atoms with Gasteiger partial charge >= 0.3 is 0 Å². The van der Waals surface area contributed by atoms with Gasteiger partial charge in [-0.25, -0.2) is 13.8 Å². The minimum atomic E-state index is -2.55. The Morgan fingerprint density at radius 1 is 1.28 bits per heavy atom. The Morgan fingerprint density at radius 2 is 1.97 bits per heavy atom. The minimum Gasteiger partial charge on any atom is -0.481 e. The van der Waals surface area contributed by atoms with Crippen molar-refractivity contribution in [1.82, 2.24) is 4.98 Å². The number of hydrogen-bond donors (Lipinski definition) is 1. The van der Waals surface area contributed by atoms with Crippen molar-refractivity contribution in [1.29, 1.82) is 0 Å². The lowest BCUT2D eigenvalue weighted by atomic mass is 9.86. The maximum absolute atomic E-state index is 13.3. The third-order valence-electron chi connectivity index (χ3n) is 5.04. The molecule has 1 heterocycles. The summed E-state index contributed by atoms with van der Waals surface area (Å²) in [4.78, 5) is 16.7. The molecule has 0 atom stereocenters. The number of pyridine rings is 1. The molecule has 0 radical (unpaired) electrons. The van der Waals surface area contributed by atoms with E-state index in [-0.39, 0.29) is 24.7 Å². The van der Waals surface area contributed by atoms with Crippen LogP contribution in [-0.2, 0) is 4.79 Å². The average Bonchev–Trinajstić information content (AvgIpc) is 2.73. The second kappa shape index (κ2) is 8.99. The monoisotopic (exact) mass is 398 g/mol. The number of aromatic nitrogens is 1. The van der Waals surface area contributed by atoms with Crippen molar-refractivity contribution in [3.8, 4) is 5.88 Å². The Balaban J connectivity index is 1.71. The minimum absolute atomic E-state index is 0.0882. The zero-order valence-electron chi connectivity index (χ0n) is 16.3. The number of carbonyl (C=O) groups is 1. The molecule has 1 saturated carbocycles. The molecular weight excluding hydrogens is 374 g/mol. The van der Waals surface area contributed by atoms with Crippen molar-refractivity contribution in [2.45, 2.75) is 31.6 Å². The predicted molar refractivity (Wildman–Crippen MR) is 111 cm³/mol. The molecule has 1 aromatic heterocycles. The summed E-state index contributed by atoms with van der Waals surface area (Å²) in [6.45, 7) is 3.85. The van der Waals surface area contributed by atoms with Crippen LogP contribution in [0.5, 0.6) is 5.88 Å². The highest BCUT2D eigenvalue weighted by Gasteiger charge is 2.33. The van der Waals surface area contributed by atoms with E-state index >= 15 is 0 Å². The van der Waals surface area contributed by atoms with Crippen molar-refractivity contribution in [2.75, 3.05) is 12.4 Å². The van der Waals surface area contributed by atoms with Crippen molar-refractivity contribution in [3.63, 3.8) is 0 Å². The standard InChI is InChI=1S/C23H24F2N2O2/c1-16(18-6-4-3-5-7-18)21(28)27-20-14-19(22(29-2)26-15-20)9-8-17-10-12-23(24,25)13-11-17/h3-9,14-15,17H,1,10-13H2,2H3,(H,27,28). The van der Waals surface area contributed by atoms with Gasteiger partial charge in [0.05, 0.1) is 19.0 Å². The van der Waals surface area contributed by atoms with Gasteiger partial charge in [-0.05, 0) is 30.4 Å². The number of rotatable bonds is 6. The molecule has 6 heteroatoms. The number of carbonyl (C=O) groups excluding carboxylic acids is 1. The van der Waals surface area contributed by atoms with Crippen LogP contribution >= 0.6 is 0 Å². The topological polar surface area (TPSA) is 51.2 Å². The lowest BCUT2D eigenvalue weighted by molar-refractivity contribution is -0.111. The second-order valence-electron chi connectivity index (χ2n) is 7.17. The van der Waals surface area contributed by atoms with E-state index < -0.39 is 5.92 Å². The third kappa shape index (κ3) is 5.50. The van der Waals surface area contributed by atoms with Gasteiger partial charge in [-0.15, -0.1) is 0 Å². The molecule has 0 bridgehead atoms. The molecular formula is C23H24F2N2O2. The Hall–Kier alpha value is -3.02. The molecule has 2 aromatic rings. The largest absolute Gasteiger partial charge is 0.481 e. The lowest BCUT2D eigenvalue weighted by Crippen LogP contribution is -2.23. The van der Waals surface area contributed by atoms with Crippen LogP contribution < -0.4 is 10.1 Å². The number of nitrogens with zero attached hydrogens (tertiary/aromatic N) is 1. The summed E-state index contributed by atoms with van der Waals surface area (Å²) in [7, 11) is 1.51. The molecule has 152 valence electrons. The SMILES string of the molecule is C=C(C(=O)Nc1cnc(OC)c(C=CC2CCC(F)(F)CC2)c1)c1ccccc1. The number of alkyl halides is 2. The summed E-state index contributed by atoms with van der Waals surface area (Å²) < 4.78 is 31.9. The Kier molecular flexibility index (Phi) is 6.42. The highest BCUT2D eigenvalue weighted by molar-refractivity contribution is 6.24. The average molecular weight is 398 g/mol. The van der Waals surface area contributed by atoms with Gasteiger partial charge in [0.25, 0.3) is 5.91 Å². The van der Waals surface area contributed by atoms with Crippen LogP contribution in [0.3, 0.4) is 0 Å². The highest BCUT2D eigenvalue weighted by atomic mass is 19.3. The molecule has 1 amide bonds. The normalized spacial score (nSPS) is 16.5. The summed E-state index contributed by atoms with van der Waals surface area (Å²) in [5.41, 5.74) is 2.26. The summed E-state index contributed by atoms with van der Waals surface area (Å²) >= 11 is 0. The van der Waals surface area contributed by atoms with Gasteiger partial charge in [0.2, 0.25) is 11.8 Å². The van der Waals surface area contributed by atoms with Gasteiger partial charge in [-0.1, -0.05) is 49.1 Å². The summed E-state index contributed by atoms with van der Waals surface area (Å²) in [5, 5.41) is 2.79. The van der Waals surface area contributed by atoms with Crippen LogP contribution in [0.2, 0.25) is 0 Å². The number of halogens is 2. The number of anilines is 1. The van der Waals surface area contributed by atoms with Gasteiger partial charge in [-0.2, -0.15) is 0 Å². The van der Waals surface area contributed by atoms with E-state index in [1.807, 2.05) is 42.5 Å². The molecule has 1 N–H and O–H groups in total. The van der Waals surface area contributed by atoms with Crippen LogP contribution in [0.1, 0.15) is 36.8 Å². The molecule has 1 fully saturated rings. The first kappa shape index (κ1) is 20.7. The van der Waals surface area contributed by atoms with E-state index in [9.17, 15) is 13.6 Å². The van der Waals surface area contributed by atoms with Crippen LogP contribution in [0.15, 0.2) is 55.3 Å². The maximum atomic E-state index is 13.3. The molecule has 1 aromatic carbocycles. The van der Waals surface area contributed by atoms with E-state index in [1.165, 1.54) is 13.3 Å². The van der Waals surface area contributed by atoms with Gasteiger partial charge in [0, 0.05) is 24.0 Å². The fraction of sp³-hybridized carbons (Fsp3) is 0.304. The number of hydrogen-bond acceptors (Lipinski definition) is 3. The zero-order valence-corrected chi connectivity index (χ0v) is 16.3. The first-order valence-corrected chi connectivity index (χ1v) is 9.54. The third-order valence-corrected chi connectivity index (χ3v) is 5.04. The van der Waals surface area contributed by atoms with Gasteiger partial charge in [-0.3, -0.25) is 4.79 Å². The van der Waals surface area contributed by atoms with Crippen LogP contribution in [-0.4, -0.2) is 23.9 Å². The van der Waals surface area contributed by atoms with E-state index in [4.69, 9.17) is 4.74 Å². The van der Waals surface area contributed by atoms with Gasteiger partial charge in [0.15, 0.2) is 0 Å². The highest BCUT2D eigenvalue weighted by Crippen LogP contribution is 2.37. The molecule has 29 heavy (non-hydrogen) atoms. The Morgan fingerprint density at radius 3 is 2.62 bits per heavy atom. The van der Waals surface area contributed by atoms with E-state index in [1.54, 1.807) is 6.07 Å². The quantitative estimate of drug-likeness (QED) is 0.646. The Bertz CT molecular complexity index is 900. The first-order valence-electron chi connectivity index (χ1n) is 9.54. The fourth-order valence-electron chi connectivity index (χ4n) is 3.30. The molecule has 0 saturated heterocycles. The lowest BCUT2D eigenvalue weighted by Gasteiger charge is -2.26. The van der Waals surface area contributed by atoms with Crippen molar-refractivity contribution < 1.29 is 18.3 Å². The number of benzene rings is 1. The number of ether oxygens (including phenoxy) is 1. The van der Waals surface area contributed by atoms with Crippen LogP contribution in [0.25, 0.3) is 11.6 Å². The molecule has 0 unspecified atom stereocenters. The molecule has 4 nitrogen and oxygen atoms in total. The van der Waals surface area contributed by atoms with Crippen molar-refractivity contribution >= 4 is 23.2 Å². The van der Waals surface area contributed by atoms with Gasteiger partial charge in [0.1, 0.15) is 0 Å². The van der Waals surface area contributed by atoms with E-state index in [0.717, 1.165) is 5.56 Å². The second-order valence-corrected chi connectivity index (χ2v) is 7.17. The summed E-state index contributed by atoms with van der Waals surface area (Å²) in [5.74, 6) is -2.38. The number of nitrogens with one attached hydrogen (secondary N) is 1. The Labute approximate surface area is 169 Å². The smallest absolute Gasteiger partial charge is 0.255 e. The van der Waals surface area contributed by atoms with Crippen LogP contribution in [0.4, 0.5) is 14.5 Å². The number of amides is 1. The summed E-state index contributed by atoms with van der Waals surface area (Å²) in [6, 6.07) is 10.9. The zero-order chi connectivity index (χ0) is 20.9. The van der Waals surface area contributed by atoms with Crippen LogP contribution in [0, 0.1) is 5.92 Å². The molecule has 3 rings (SSSR count). The first-order chi connectivity index (χ1) is 13.9. The summed E-state index contributed by atoms with van der Waals surface area (Å²) in [6.07, 6.45) is 5.97. The predicted octanol–water partition coefficient (Wildman–Crippen LogP) is 5.58. The van der Waals surface area contributed by atoms with Gasteiger partial charge < -0.3 is 10.1 Å². The fourth-order valence-corrected chi connectivity index (χ4v) is 3.30. The number of methoxy groups -OCH3 is 1. The van der Waals surface area contributed by atoms with E-state index in [0.29, 0.717) is 35.5 Å². The molecule has 0 aliphatic heterocycles. The van der Waals surface area contributed by atoms with E-state index in [2.05, 4.69) is 16.9 Å². The molecule has 1 aliphatic carbocycles.